The minimum Gasteiger partial charge on any atom is -0.484 e. The summed E-state index contributed by atoms with van der Waals surface area (Å²) in [4.78, 5) is 1.59. The van der Waals surface area contributed by atoms with Crippen molar-refractivity contribution in [2.75, 3.05) is 13.1 Å². The number of aromatic nitrogens is 3. The quantitative estimate of drug-likeness (QED) is 0.740. The fraction of sp³-hybridized carbons (Fsp3) is 0.600. The lowest BCUT2D eigenvalue weighted by Gasteiger charge is -2.21. The average Bonchev–Trinajstić information content (AvgIpc) is 3.42. The number of nitrogens with one attached hydrogen (secondary N) is 1. The summed E-state index contributed by atoms with van der Waals surface area (Å²) in [7, 11) is 0. The van der Waals surface area contributed by atoms with E-state index in [1.54, 1.807) is 4.90 Å². The zero-order valence-corrected chi connectivity index (χ0v) is 17.3. The first-order chi connectivity index (χ1) is 13.2. The van der Waals surface area contributed by atoms with Gasteiger partial charge in [0.2, 0.25) is 4.77 Å². The molecule has 146 valence electrons. The molecule has 1 aliphatic heterocycles. The first-order valence-corrected chi connectivity index (χ1v) is 10.9. The summed E-state index contributed by atoms with van der Waals surface area (Å²) >= 11 is 12.0. The lowest BCUT2D eigenvalue weighted by Crippen LogP contribution is -3.11. The van der Waals surface area contributed by atoms with Crippen molar-refractivity contribution >= 4 is 23.8 Å². The molecule has 1 saturated heterocycles. The van der Waals surface area contributed by atoms with Gasteiger partial charge in [-0.25, -0.2) is 0 Å². The monoisotopic (exact) mass is 407 g/mol. The van der Waals surface area contributed by atoms with Gasteiger partial charge in [-0.15, -0.1) is 5.10 Å². The van der Waals surface area contributed by atoms with Crippen LogP contribution >= 0.6 is 23.8 Å². The molecule has 0 bridgehead atoms. The maximum atomic E-state index is 6.22. The summed E-state index contributed by atoms with van der Waals surface area (Å²) < 4.78 is 11.0. The highest BCUT2D eigenvalue weighted by Gasteiger charge is 2.29. The Bertz CT molecular complexity index is 822. The van der Waals surface area contributed by atoms with Crippen molar-refractivity contribution in [3.63, 3.8) is 0 Å². The summed E-state index contributed by atoms with van der Waals surface area (Å²) in [6.07, 6.45) is 9.03. The number of ether oxygens (including phenoxy) is 1. The Kier molecular flexibility index (Phi) is 6.15. The summed E-state index contributed by atoms with van der Waals surface area (Å²) in [5.74, 6) is 1.60. The fourth-order valence-electron chi connectivity index (χ4n) is 3.85. The van der Waals surface area contributed by atoms with E-state index in [0.717, 1.165) is 17.3 Å². The Morgan fingerprint density at radius 2 is 1.81 bits per heavy atom. The van der Waals surface area contributed by atoms with Gasteiger partial charge in [0.25, 0.3) is 0 Å². The van der Waals surface area contributed by atoms with Crippen molar-refractivity contribution in [1.82, 2.24) is 14.3 Å². The predicted octanol–water partition coefficient (Wildman–Crippen LogP) is 3.79. The second kappa shape index (κ2) is 8.76. The summed E-state index contributed by atoms with van der Waals surface area (Å²) in [6.45, 7) is 3.68. The number of nitrogens with zero attached hydrogens (tertiary/aromatic N) is 3. The van der Waals surface area contributed by atoms with Crippen LogP contribution in [0.15, 0.2) is 24.3 Å². The van der Waals surface area contributed by atoms with Crippen LogP contribution in [-0.4, -0.2) is 27.4 Å². The molecule has 1 aromatic heterocycles. The van der Waals surface area contributed by atoms with E-state index in [4.69, 9.17) is 33.7 Å². The molecule has 1 N–H and O–H groups in total. The van der Waals surface area contributed by atoms with Crippen molar-refractivity contribution in [1.29, 1.82) is 0 Å². The molecule has 0 radical (unpaired) electrons. The van der Waals surface area contributed by atoms with E-state index in [0.29, 0.717) is 23.4 Å². The highest BCUT2D eigenvalue weighted by Crippen LogP contribution is 2.36. The van der Waals surface area contributed by atoms with E-state index in [1.165, 1.54) is 58.0 Å². The lowest BCUT2D eigenvalue weighted by molar-refractivity contribution is -0.924. The van der Waals surface area contributed by atoms with Crippen LogP contribution < -0.4 is 9.64 Å². The molecule has 0 atom stereocenters. The second-order valence-electron chi connectivity index (χ2n) is 7.69. The summed E-state index contributed by atoms with van der Waals surface area (Å²) in [6, 6.07) is 8.05. The molecule has 5 nitrogen and oxygen atoms in total. The van der Waals surface area contributed by atoms with Gasteiger partial charge in [-0.3, -0.25) is 4.57 Å². The zero-order valence-electron chi connectivity index (χ0n) is 15.7. The molecule has 27 heavy (non-hydrogen) atoms. The van der Waals surface area contributed by atoms with Crippen molar-refractivity contribution < 1.29 is 9.64 Å². The summed E-state index contributed by atoms with van der Waals surface area (Å²) in [5.41, 5.74) is 0. The van der Waals surface area contributed by atoms with Crippen molar-refractivity contribution in [3.8, 4) is 5.75 Å². The van der Waals surface area contributed by atoms with Crippen molar-refractivity contribution in [2.45, 2.75) is 64.3 Å². The van der Waals surface area contributed by atoms with Crippen LogP contribution in [-0.2, 0) is 13.3 Å². The van der Waals surface area contributed by atoms with Gasteiger partial charge in [0.15, 0.2) is 12.5 Å². The second-order valence-corrected chi connectivity index (χ2v) is 8.47. The number of likely N-dealkylation sites (tertiary alicyclic amines) is 1. The highest BCUT2D eigenvalue weighted by atomic mass is 35.5. The zero-order chi connectivity index (χ0) is 18.6. The van der Waals surface area contributed by atoms with Crippen LogP contribution in [0.5, 0.6) is 5.75 Å². The Hall–Kier alpha value is -1.37. The van der Waals surface area contributed by atoms with Crippen LogP contribution in [0.25, 0.3) is 0 Å². The van der Waals surface area contributed by atoms with Crippen LogP contribution in [0.2, 0.25) is 5.02 Å². The third kappa shape index (κ3) is 4.73. The average molecular weight is 408 g/mol. The first kappa shape index (κ1) is 19.0. The normalized spacial score (nSPS) is 18.9. The highest BCUT2D eigenvalue weighted by molar-refractivity contribution is 7.71. The molecule has 2 heterocycles. The number of halogens is 1. The van der Waals surface area contributed by atoms with E-state index in [1.807, 2.05) is 28.9 Å². The lowest BCUT2D eigenvalue weighted by atomic mass is 10.1. The molecule has 0 spiro atoms. The molecule has 7 heteroatoms. The molecule has 2 aromatic rings. The third-order valence-corrected chi connectivity index (χ3v) is 6.20. The molecule has 2 fully saturated rings. The maximum absolute atomic E-state index is 6.22. The van der Waals surface area contributed by atoms with Gasteiger partial charge in [0, 0.05) is 6.04 Å². The molecular formula is C20H28ClN4OS+. The number of quaternary nitrogens is 1. The number of benzene rings is 1. The van der Waals surface area contributed by atoms with Gasteiger partial charge < -0.3 is 9.64 Å². The van der Waals surface area contributed by atoms with Crippen LogP contribution in [0.4, 0.5) is 0 Å². The Morgan fingerprint density at radius 3 is 2.52 bits per heavy atom. The molecule has 1 aliphatic carbocycles. The predicted molar refractivity (Wildman–Crippen MR) is 109 cm³/mol. The molecule has 1 aromatic carbocycles. The van der Waals surface area contributed by atoms with Gasteiger partial charge >= 0.3 is 0 Å². The van der Waals surface area contributed by atoms with Crippen LogP contribution in [0.3, 0.4) is 0 Å². The third-order valence-electron chi connectivity index (χ3n) is 5.48. The van der Waals surface area contributed by atoms with Gasteiger partial charge in [0.1, 0.15) is 12.4 Å². The van der Waals surface area contributed by atoms with Crippen molar-refractivity contribution in [2.24, 2.45) is 0 Å². The Morgan fingerprint density at radius 1 is 1.11 bits per heavy atom. The van der Waals surface area contributed by atoms with E-state index < -0.39 is 0 Å². The summed E-state index contributed by atoms with van der Waals surface area (Å²) in [5, 5.41) is 5.47. The van der Waals surface area contributed by atoms with Crippen LogP contribution in [0.1, 0.15) is 56.8 Å². The number of hydrogen-bond acceptors (Lipinski definition) is 3. The first-order valence-electron chi connectivity index (χ1n) is 10.1. The smallest absolute Gasteiger partial charge is 0.203 e. The maximum Gasteiger partial charge on any atom is 0.203 e. The Labute approximate surface area is 170 Å². The number of para-hydroxylation sites is 1. The molecular weight excluding hydrogens is 380 g/mol. The SMILES string of the molecule is S=c1n(C[NH+]2CCCCCCC2)nc(COc2ccccc2Cl)n1C1CC1. The minimum absolute atomic E-state index is 0.395. The largest absolute Gasteiger partial charge is 0.484 e. The molecule has 0 amide bonds. The van der Waals surface area contributed by atoms with Crippen molar-refractivity contribution in [3.05, 3.63) is 39.9 Å². The Balaban J connectivity index is 1.50. The standard InChI is InChI=1S/C20H27ClN4OS/c21-17-8-4-5-9-18(17)26-14-19-22-24(20(27)25(19)16-10-11-16)15-23-12-6-2-1-3-7-13-23/h4-5,8-9,16H,1-3,6-7,10-15H2/p+1. The molecule has 0 unspecified atom stereocenters. The van der Waals surface area contributed by atoms with E-state index in [2.05, 4.69) is 4.57 Å². The molecule has 2 aliphatic rings. The van der Waals surface area contributed by atoms with E-state index in [9.17, 15) is 0 Å². The number of hydrogen-bond donors (Lipinski definition) is 1. The molecule has 4 rings (SSSR count). The fourth-order valence-corrected chi connectivity index (χ4v) is 4.40. The molecule has 1 saturated carbocycles. The minimum atomic E-state index is 0.395. The van der Waals surface area contributed by atoms with Gasteiger partial charge in [0.05, 0.1) is 18.1 Å². The number of rotatable bonds is 6. The van der Waals surface area contributed by atoms with Gasteiger partial charge in [-0.1, -0.05) is 30.2 Å². The van der Waals surface area contributed by atoms with E-state index in [-0.39, 0.29) is 0 Å². The van der Waals surface area contributed by atoms with Gasteiger partial charge in [-0.05, 0) is 62.9 Å². The van der Waals surface area contributed by atoms with Gasteiger partial charge in [-0.2, -0.15) is 4.68 Å². The van der Waals surface area contributed by atoms with E-state index >= 15 is 0 Å². The topological polar surface area (TPSA) is 36.4 Å². The van der Waals surface area contributed by atoms with Crippen LogP contribution in [0, 0.1) is 4.77 Å².